The van der Waals surface area contributed by atoms with Crippen molar-refractivity contribution in [3.8, 4) is 11.8 Å². The number of carbonyl (C=O) groups excluding carboxylic acids is 1. The lowest BCUT2D eigenvalue weighted by Crippen LogP contribution is -2.23. The Morgan fingerprint density at radius 3 is 2.43 bits per heavy atom. The summed E-state index contributed by atoms with van der Waals surface area (Å²) < 4.78 is 3.10. The molecule has 0 saturated carbocycles. The van der Waals surface area contributed by atoms with E-state index in [1.54, 1.807) is 55.1 Å². The molecule has 1 heterocycles. The molecular weight excluding hydrogens is 376 g/mol. The minimum atomic E-state index is -0.673. The van der Waals surface area contributed by atoms with Gasteiger partial charge in [0.2, 0.25) is 0 Å². The van der Waals surface area contributed by atoms with Gasteiger partial charge in [-0.1, -0.05) is 48.0 Å². The normalized spacial score (nSPS) is 11.1. The zero-order chi connectivity index (χ0) is 20.3. The molecule has 0 fully saturated rings. The van der Waals surface area contributed by atoms with Crippen LogP contribution in [0.1, 0.15) is 11.3 Å². The standard InChI is InChI=1S/C21H17ClN4O2/c1-14-19(21(28)26(25(14)2)17-9-4-3-5-10-17)24-20(27)16(13-23)12-15-8-6-7-11-18(15)22/h3-12H,1-2H3,(H,24,27). The van der Waals surface area contributed by atoms with Crippen LogP contribution in [0.4, 0.5) is 5.69 Å². The molecule has 140 valence electrons. The molecule has 1 N–H and O–H groups in total. The Morgan fingerprint density at radius 1 is 1.14 bits per heavy atom. The number of nitriles is 1. The van der Waals surface area contributed by atoms with Gasteiger partial charge in [0.1, 0.15) is 17.3 Å². The number of rotatable bonds is 4. The third kappa shape index (κ3) is 3.61. The van der Waals surface area contributed by atoms with E-state index < -0.39 is 5.91 Å². The fourth-order valence-electron chi connectivity index (χ4n) is 2.79. The predicted molar refractivity (Wildman–Crippen MR) is 109 cm³/mol. The van der Waals surface area contributed by atoms with Gasteiger partial charge in [-0.3, -0.25) is 14.3 Å². The Hall–Kier alpha value is -3.56. The maximum Gasteiger partial charge on any atom is 0.295 e. The number of aromatic nitrogens is 2. The van der Waals surface area contributed by atoms with Crippen LogP contribution < -0.4 is 10.9 Å². The van der Waals surface area contributed by atoms with Crippen molar-refractivity contribution in [1.29, 1.82) is 5.26 Å². The Labute approximate surface area is 166 Å². The van der Waals surface area contributed by atoms with E-state index in [4.69, 9.17) is 11.6 Å². The van der Waals surface area contributed by atoms with E-state index in [0.717, 1.165) is 0 Å². The van der Waals surface area contributed by atoms with E-state index >= 15 is 0 Å². The third-order valence-corrected chi connectivity index (χ3v) is 4.71. The first-order valence-electron chi connectivity index (χ1n) is 8.45. The molecule has 28 heavy (non-hydrogen) atoms. The van der Waals surface area contributed by atoms with E-state index in [1.807, 2.05) is 24.3 Å². The van der Waals surface area contributed by atoms with Crippen LogP contribution in [0, 0.1) is 18.3 Å². The fraction of sp³-hybridized carbons (Fsp3) is 0.0952. The zero-order valence-electron chi connectivity index (χ0n) is 15.3. The smallest absolute Gasteiger partial charge is 0.295 e. The van der Waals surface area contributed by atoms with Gasteiger partial charge in [-0.05, 0) is 36.8 Å². The molecule has 1 amide bonds. The summed E-state index contributed by atoms with van der Waals surface area (Å²) in [4.78, 5) is 25.5. The summed E-state index contributed by atoms with van der Waals surface area (Å²) in [5.41, 5.74) is 1.37. The van der Waals surface area contributed by atoms with Crippen molar-refractivity contribution in [3.63, 3.8) is 0 Å². The summed E-state index contributed by atoms with van der Waals surface area (Å²) in [7, 11) is 1.73. The highest BCUT2D eigenvalue weighted by Gasteiger charge is 2.20. The number of hydrogen-bond acceptors (Lipinski definition) is 3. The van der Waals surface area contributed by atoms with Gasteiger partial charge < -0.3 is 5.32 Å². The number of amides is 1. The van der Waals surface area contributed by atoms with Gasteiger partial charge in [0.25, 0.3) is 11.5 Å². The average molecular weight is 393 g/mol. The van der Waals surface area contributed by atoms with Gasteiger partial charge in [-0.2, -0.15) is 5.26 Å². The molecule has 0 aliphatic rings. The van der Waals surface area contributed by atoms with E-state index in [2.05, 4.69) is 5.32 Å². The Balaban J connectivity index is 1.98. The van der Waals surface area contributed by atoms with Gasteiger partial charge >= 0.3 is 0 Å². The number of benzene rings is 2. The number of nitrogens with zero attached hydrogens (tertiary/aromatic N) is 3. The highest BCUT2D eigenvalue weighted by Crippen LogP contribution is 2.19. The second-order valence-corrected chi connectivity index (χ2v) is 6.49. The van der Waals surface area contributed by atoms with Crippen molar-refractivity contribution < 1.29 is 4.79 Å². The van der Waals surface area contributed by atoms with E-state index in [9.17, 15) is 14.9 Å². The molecule has 1 aromatic heterocycles. The van der Waals surface area contributed by atoms with Crippen LogP contribution in [0.15, 0.2) is 65.0 Å². The van der Waals surface area contributed by atoms with Crippen molar-refractivity contribution >= 4 is 29.3 Å². The highest BCUT2D eigenvalue weighted by molar-refractivity contribution is 6.32. The molecule has 0 bridgehead atoms. The molecule has 6 nitrogen and oxygen atoms in total. The van der Waals surface area contributed by atoms with Gasteiger partial charge in [0.05, 0.1) is 11.4 Å². The van der Waals surface area contributed by atoms with Gasteiger partial charge in [0, 0.05) is 12.1 Å². The maximum absolute atomic E-state index is 12.9. The van der Waals surface area contributed by atoms with E-state index in [0.29, 0.717) is 22.0 Å². The van der Waals surface area contributed by atoms with Crippen molar-refractivity contribution in [1.82, 2.24) is 9.36 Å². The molecular formula is C21H17ClN4O2. The van der Waals surface area contributed by atoms with Gasteiger partial charge in [-0.25, -0.2) is 4.68 Å². The lowest BCUT2D eigenvalue weighted by molar-refractivity contribution is -0.112. The lowest BCUT2D eigenvalue weighted by Gasteiger charge is -2.07. The number of hydrogen-bond donors (Lipinski definition) is 1. The minimum absolute atomic E-state index is 0.122. The van der Waals surface area contributed by atoms with Crippen molar-refractivity contribution in [2.45, 2.75) is 6.92 Å². The number of carbonyl (C=O) groups is 1. The quantitative estimate of drug-likeness (QED) is 0.543. The molecule has 0 saturated heterocycles. The molecule has 0 radical (unpaired) electrons. The summed E-state index contributed by atoms with van der Waals surface area (Å²) in [6, 6.07) is 17.8. The second-order valence-electron chi connectivity index (χ2n) is 6.08. The average Bonchev–Trinajstić information content (AvgIpc) is 2.91. The monoisotopic (exact) mass is 392 g/mol. The first-order chi connectivity index (χ1) is 13.4. The first kappa shape index (κ1) is 19.2. The number of para-hydroxylation sites is 1. The summed E-state index contributed by atoms with van der Waals surface area (Å²) in [6.07, 6.45) is 1.39. The van der Waals surface area contributed by atoms with E-state index in [-0.39, 0.29) is 16.8 Å². The molecule has 0 aliphatic heterocycles. The SMILES string of the molecule is Cc1c(NC(=O)C(C#N)=Cc2ccccc2Cl)c(=O)n(-c2ccccc2)n1C. The van der Waals surface area contributed by atoms with Crippen LogP contribution in [0.2, 0.25) is 5.02 Å². The summed E-state index contributed by atoms with van der Waals surface area (Å²) in [6.45, 7) is 1.72. The Kier molecular flexibility index (Phi) is 5.48. The Morgan fingerprint density at radius 2 is 1.79 bits per heavy atom. The first-order valence-corrected chi connectivity index (χ1v) is 8.83. The molecule has 0 atom stereocenters. The van der Waals surface area contributed by atoms with Crippen LogP contribution in [-0.4, -0.2) is 15.3 Å². The van der Waals surface area contributed by atoms with Crippen LogP contribution in [0.25, 0.3) is 11.8 Å². The molecule has 2 aromatic carbocycles. The number of halogens is 1. The van der Waals surface area contributed by atoms with Crippen LogP contribution in [-0.2, 0) is 11.8 Å². The number of nitrogens with one attached hydrogen (secondary N) is 1. The van der Waals surface area contributed by atoms with Crippen molar-refractivity contribution in [2.24, 2.45) is 7.05 Å². The Bertz CT molecular complexity index is 1170. The van der Waals surface area contributed by atoms with Crippen molar-refractivity contribution in [2.75, 3.05) is 5.32 Å². The summed E-state index contributed by atoms with van der Waals surface area (Å²) in [5.74, 6) is -0.673. The molecule has 3 aromatic rings. The topological polar surface area (TPSA) is 79.8 Å². The highest BCUT2D eigenvalue weighted by atomic mass is 35.5. The minimum Gasteiger partial charge on any atom is -0.315 e. The third-order valence-electron chi connectivity index (χ3n) is 4.36. The molecule has 3 rings (SSSR count). The second kappa shape index (κ2) is 7.99. The van der Waals surface area contributed by atoms with E-state index in [1.165, 1.54) is 10.8 Å². The van der Waals surface area contributed by atoms with Gasteiger partial charge in [-0.15, -0.1) is 0 Å². The maximum atomic E-state index is 12.9. The lowest BCUT2D eigenvalue weighted by atomic mass is 10.1. The number of anilines is 1. The fourth-order valence-corrected chi connectivity index (χ4v) is 2.98. The summed E-state index contributed by atoms with van der Waals surface area (Å²) in [5, 5.41) is 12.4. The molecule has 0 aliphatic carbocycles. The van der Waals surface area contributed by atoms with Crippen LogP contribution in [0.3, 0.4) is 0 Å². The summed E-state index contributed by atoms with van der Waals surface area (Å²) >= 11 is 6.09. The zero-order valence-corrected chi connectivity index (χ0v) is 16.1. The van der Waals surface area contributed by atoms with Gasteiger partial charge in [0.15, 0.2) is 0 Å². The van der Waals surface area contributed by atoms with Crippen LogP contribution >= 0.6 is 11.6 Å². The predicted octanol–water partition coefficient (Wildman–Crippen LogP) is 3.68. The van der Waals surface area contributed by atoms with Crippen molar-refractivity contribution in [3.05, 3.63) is 86.8 Å². The molecule has 7 heteroatoms. The molecule has 0 unspecified atom stereocenters. The van der Waals surface area contributed by atoms with Crippen LogP contribution in [0.5, 0.6) is 0 Å². The molecule has 0 spiro atoms. The largest absolute Gasteiger partial charge is 0.315 e.